The van der Waals surface area contributed by atoms with Gasteiger partial charge in [-0.3, -0.25) is 4.57 Å². The molecule has 1 fully saturated rings. The number of hydrogen-bond acceptors (Lipinski definition) is 8. The fourth-order valence-electron chi connectivity index (χ4n) is 5.21. The maximum absolute atomic E-state index is 7.34. The van der Waals surface area contributed by atoms with E-state index in [1.807, 2.05) is 50.4 Å². The second kappa shape index (κ2) is 10.7. The third-order valence-corrected chi connectivity index (χ3v) is 7.03. The lowest BCUT2D eigenvalue weighted by Gasteiger charge is -2.25. The van der Waals surface area contributed by atoms with Crippen molar-refractivity contribution in [3.05, 3.63) is 77.4 Å². The number of nitrogens with zero attached hydrogens (tertiary/aromatic N) is 8. The summed E-state index contributed by atoms with van der Waals surface area (Å²) in [6.07, 6.45) is 4.91. The van der Waals surface area contributed by atoms with Crippen LogP contribution in [-0.4, -0.2) is 48.0 Å². The van der Waals surface area contributed by atoms with Gasteiger partial charge in [-0.1, -0.05) is 18.7 Å². The highest BCUT2D eigenvalue weighted by Crippen LogP contribution is 2.39. The van der Waals surface area contributed by atoms with Crippen LogP contribution in [0, 0.1) is 13.5 Å². The Morgan fingerprint density at radius 2 is 1.98 bits per heavy atom. The summed E-state index contributed by atoms with van der Waals surface area (Å²) in [7, 11) is 3.49. The number of anilines is 2. The minimum Gasteiger partial charge on any atom is -0.494 e. The largest absolute Gasteiger partial charge is 0.494 e. The summed E-state index contributed by atoms with van der Waals surface area (Å²) in [6, 6.07) is 13.3. The second-order valence-electron chi connectivity index (χ2n) is 9.68. The van der Waals surface area contributed by atoms with Crippen molar-refractivity contribution in [2.75, 3.05) is 19.0 Å². The van der Waals surface area contributed by atoms with Gasteiger partial charge in [0.1, 0.15) is 29.6 Å². The van der Waals surface area contributed by atoms with Crippen molar-refractivity contribution in [2.24, 2.45) is 7.05 Å². The summed E-state index contributed by atoms with van der Waals surface area (Å²) in [6.45, 7) is 10.0. The van der Waals surface area contributed by atoms with Crippen LogP contribution >= 0.6 is 0 Å². The normalized spacial score (nSPS) is 15.2. The van der Waals surface area contributed by atoms with Crippen LogP contribution in [0.4, 0.5) is 17.2 Å². The molecule has 0 radical (unpaired) electrons. The molecule has 0 saturated carbocycles. The number of benzene rings is 1. The number of pyridine rings is 2. The Bertz CT molecular complexity index is 1730. The van der Waals surface area contributed by atoms with Gasteiger partial charge in [-0.15, -0.1) is 4.98 Å². The molecule has 0 aliphatic carbocycles. The van der Waals surface area contributed by atoms with Crippen molar-refractivity contribution in [2.45, 2.75) is 38.8 Å². The number of para-hydroxylation sites is 1. The number of fused-ring (bicyclic) bond motifs is 1. The molecule has 4 aromatic heterocycles. The van der Waals surface area contributed by atoms with Gasteiger partial charge in [0.2, 0.25) is 0 Å². The Labute approximate surface area is 231 Å². The Balaban J connectivity index is 1.48. The molecule has 1 saturated heterocycles. The summed E-state index contributed by atoms with van der Waals surface area (Å²) in [5, 5.41) is 7.79. The lowest BCUT2D eigenvalue weighted by Crippen LogP contribution is -2.19. The number of imidazole rings is 1. The molecule has 202 valence electrons. The average molecular weight is 536 g/mol. The van der Waals surface area contributed by atoms with E-state index in [4.69, 9.17) is 26.0 Å². The molecule has 1 unspecified atom stereocenters. The van der Waals surface area contributed by atoms with E-state index < -0.39 is 0 Å². The molecule has 0 spiro atoms. The van der Waals surface area contributed by atoms with Crippen LogP contribution in [0.5, 0.6) is 5.75 Å². The van der Waals surface area contributed by atoms with E-state index in [1.165, 1.54) is 6.33 Å². The number of hydrogen-bond donors (Lipinski definition) is 1. The van der Waals surface area contributed by atoms with Crippen LogP contribution in [0.3, 0.4) is 0 Å². The van der Waals surface area contributed by atoms with E-state index in [0.717, 1.165) is 64.6 Å². The molecule has 0 amide bonds. The molecular weight excluding hydrogens is 506 g/mol. The van der Waals surface area contributed by atoms with Gasteiger partial charge >= 0.3 is 0 Å². The maximum Gasteiger partial charge on any atom is 0.269 e. The average Bonchev–Trinajstić information content (AvgIpc) is 3.55. The van der Waals surface area contributed by atoms with Crippen LogP contribution in [0.2, 0.25) is 0 Å². The molecule has 6 rings (SSSR count). The van der Waals surface area contributed by atoms with Crippen LogP contribution in [0.15, 0.2) is 48.8 Å². The van der Waals surface area contributed by atoms with E-state index in [2.05, 4.69) is 29.8 Å². The topological polar surface area (TPSA) is 109 Å². The lowest BCUT2D eigenvalue weighted by atomic mass is 10.1. The Morgan fingerprint density at radius 1 is 1.10 bits per heavy atom. The van der Waals surface area contributed by atoms with E-state index in [9.17, 15) is 0 Å². The molecule has 5 heterocycles. The molecule has 1 N–H and O–H groups in total. The molecule has 40 heavy (non-hydrogen) atoms. The molecule has 11 nitrogen and oxygen atoms in total. The van der Waals surface area contributed by atoms with E-state index in [0.29, 0.717) is 30.4 Å². The van der Waals surface area contributed by atoms with Crippen molar-refractivity contribution in [1.29, 1.82) is 0 Å². The SMILES string of the molecule is [C-]#[N+]c1cccc(Cc2cc(Nc3cccc(-c4ncnn4C)c3OC)c3nc(C)n(C4CCCCO4)c3n2)n1. The first-order valence-corrected chi connectivity index (χ1v) is 13.2. The predicted molar refractivity (Wildman–Crippen MR) is 151 cm³/mol. The molecular formula is C29H29N9O2. The maximum atomic E-state index is 7.34. The van der Waals surface area contributed by atoms with Gasteiger partial charge in [-0.05, 0) is 56.5 Å². The van der Waals surface area contributed by atoms with Crippen LogP contribution in [-0.2, 0) is 18.2 Å². The highest BCUT2D eigenvalue weighted by atomic mass is 16.5. The van der Waals surface area contributed by atoms with Gasteiger partial charge in [-0.2, -0.15) is 5.10 Å². The molecule has 0 bridgehead atoms. The number of aryl methyl sites for hydroxylation is 2. The van der Waals surface area contributed by atoms with Gasteiger partial charge in [0.25, 0.3) is 5.82 Å². The van der Waals surface area contributed by atoms with Gasteiger partial charge in [-0.25, -0.2) is 19.6 Å². The van der Waals surface area contributed by atoms with Crippen molar-refractivity contribution in [1.82, 2.24) is 34.3 Å². The number of methoxy groups -OCH3 is 1. The van der Waals surface area contributed by atoms with Crippen molar-refractivity contribution in [3.63, 3.8) is 0 Å². The molecule has 1 aliphatic rings. The first-order chi connectivity index (χ1) is 19.6. The Morgan fingerprint density at radius 3 is 2.73 bits per heavy atom. The van der Waals surface area contributed by atoms with Crippen LogP contribution in [0.25, 0.3) is 27.4 Å². The van der Waals surface area contributed by atoms with Crippen LogP contribution < -0.4 is 10.1 Å². The fraction of sp³-hybridized carbons (Fsp3) is 0.310. The highest BCUT2D eigenvalue weighted by Gasteiger charge is 2.24. The highest BCUT2D eigenvalue weighted by molar-refractivity contribution is 5.91. The second-order valence-corrected chi connectivity index (χ2v) is 9.68. The molecule has 5 aromatic rings. The van der Waals surface area contributed by atoms with Crippen LogP contribution in [0.1, 0.15) is 42.7 Å². The molecule has 1 aromatic carbocycles. The number of rotatable bonds is 7. The standard InChI is InChI=1S/C29H29N9O2/c1-18-33-26-23(36-22-11-8-10-21(27(22)39-4)28-31-17-32-37(28)3)16-20(15-19-9-7-12-24(30-2)34-19)35-29(26)38(18)25-13-5-6-14-40-25/h7-12,16-17,25H,5-6,13-15H2,1,3-4H3,(H,35,36). The minimum absolute atomic E-state index is 0.119. The smallest absolute Gasteiger partial charge is 0.269 e. The minimum atomic E-state index is -0.119. The Kier molecular flexibility index (Phi) is 6.84. The zero-order chi connectivity index (χ0) is 27.6. The summed E-state index contributed by atoms with van der Waals surface area (Å²) in [4.78, 5) is 22.4. The Hall–Kier alpha value is -4.82. The summed E-state index contributed by atoms with van der Waals surface area (Å²) < 4.78 is 15.8. The zero-order valence-electron chi connectivity index (χ0n) is 22.6. The molecule has 1 aliphatic heterocycles. The van der Waals surface area contributed by atoms with E-state index in [1.54, 1.807) is 17.9 Å². The van der Waals surface area contributed by atoms with Gasteiger partial charge < -0.3 is 19.6 Å². The van der Waals surface area contributed by atoms with Gasteiger partial charge in [0.05, 0.1) is 36.2 Å². The summed E-state index contributed by atoms with van der Waals surface area (Å²) in [5.41, 5.74) is 5.41. The number of ether oxygens (including phenoxy) is 2. The van der Waals surface area contributed by atoms with Crippen molar-refractivity contribution in [3.8, 4) is 17.1 Å². The van der Waals surface area contributed by atoms with Crippen molar-refractivity contribution < 1.29 is 9.47 Å². The first kappa shape index (κ1) is 25.5. The molecule has 11 heteroatoms. The fourth-order valence-corrected chi connectivity index (χ4v) is 5.21. The first-order valence-electron chi connectivity index (χ1n) is 13.2. The predicted octanol–water partition coefficient (Wildman–Crippen LogP) is 5.52. The van der Waals surface area contributed by atoms with Crippen molar-refractivity contribution >= 4 is 28.4 Å². The van der Waals surface area contributed by atoms with Gasteiger partial charge in [0, 0.05) is 13.7 Å². The summed E-state index contributed by atoms with van der Waals surface area (Å²) >= 11 is 0. The number of aromatic nitrogens is 7. The quantitative estimate of drug-likeness (QED) is 0.271. The van der Waals surface area contributed by atoms with E-state index >= 15 is 0 Å². The van der Waals surface area contributed by atoms with Gasteiger partial charge in [0.15, 0.2) is 17.2 Å². The summed E-state index contributed by atoms with van der Waals surface area (Å²) in [5.74, 6) is 2.53. The third kappa shape index (κ3) is 4.74. The number of nitrogens with one attached hydrogen (secondary N) is 1. The molecule has 1 atom stereocenters. The zero-order valence-corrected chi connectivity index (χ0v) is 22.6. The third-order valence-electron chi connectivity index (χ3n) is 7.03. The van der Waals surface area contributed by atoms with E-state index in [-0.39, 0.29) is 6.23 Å². The monoisotopic (exact) mass is 535 g/mol. The lowest BCUT2D eigenvalue weighted by molar-refractivity contribution is -0.0309.